The van der Waals surface area contributed by atoms with Crippen LogP contribution in [0.3, 0.4) is 0 Å². The van der Waals surface area contributed by atoms with Gasteiger partial charge in [0.15, 0.2) is 6.61 Å². The van der Waals surface area contributed by atoms with Crippen LogP contribution in [0.15, 0.2) is 71.2 Å². The number of ether oxygens (including phenoxy) is 1. The van der Waals surface area contributed by atoms with Gasteiger partial charge in [0.25, 0.3) is 11.8 Å². The standard InChI is InChI=1S/C20H15BrN2O4/c21-15-10-8-14(9-11-15)19(25)23-22-18(24)12-27-20(26)17-7-3-5-13-4-1-2-6-16(13)17/h1-11H,12H2,(H,22,24)(H,23,25). The van der Waals surface area contributed by atoms with Crippen molar-refractivity contribution < 1.29 is 19.1 Å². The third kappa shape index (κ3) is 4.71. The van der Waals surface area contributed by atoms with Crippen LogP contribution in [0.25, 0.3) is 10.8 Å². The monoisotopic (exact) mass is 426 g/mol. The number of nitrogens with one attached hydrogen (secondary N) is 2. The molecule has 3 aromatic rings. The molecule has 7 heteroatoms. The van der Waals surface area contributed by atoms with E-state index in [0.29, 0.717) is 11.1 Å². The summed E-state index contributed by atoms with van der Waals surface area (Å²) in [5.74, 6) is -1.73. The van der Waals surface area contributed by atoms with Gasteiger partial charge in [-0.1, -0.05) is 52.3 Å². The average molecular weight is 427 g/mol. The molecule has 6 nitrogen and oxygen atoms in total. The first-order valence-electron chi connectivity index (χ1n) is 8.04. The number of hydrogen-bond acceptors (Lipinski definition) is 4. The van der Waals surface area contributed by atoms with Gasteiger partial charge in [-0.3, -0.25) is 20.4 Å². The highest BCUT2D eigenvalue weighted by Crippen LogP contribution is 2.19. The zero-order valence-corrected chi connectivity index (χ0v) is 15.7. The van der Waals surface area contributed by atoms with Crippen molar-refractivity contribution >= 4 is 44.5 Å². The smallest absolute Gasteiger partial charge is 0.339 e. The molecular formula is C20H15BrN2O4. The molecule has 0 aliphatic carbocycles. The van der Waals surface area contributed by atoms with E-state index in [1.165, 1.54) is 0 Å². The van der Waals surface area contributed by atoms with Crippen LogP contribution < -0.4 is 10.9 Å². The molecule has 136 valence electrons. The zero-order chi connectivity index (χ0) is 19.2. The van der Waals surface area contributed by atoms with Crippen molar-refractivity contribution in [3.05, 3.63) is 82.3 Å². The summed E-state index contributed by atoms with van der Waals surface area (Å²) < 4.78 is 5.88. The molecule has 0 saturated heterocycles. The molecule has 0 unspecified atom stereocenters. The van der Waals surface area contributed by atoms with Gasteiger partial charge in [0.1, 0.15) is 0 Å². The van der Waals surface area contributed by atoms with E-state index in [2.05, 4.69) is 26.8 Å². The molecule has 0 saturated carbocycles. The molecule has 0 aliphatic heterocycles. The summed E-state index contributed by atoms with van der Waals surface area (Å²) in [5.41, 5.74) is 5.23. The lowest BCUT2D eigenvalue weighted by atomic mass is 10.1. The van der Waals surface area contributed by atoms with Crippen LogP contribution >= 0.6 is 15.9 Å². The number of carbonyl (C=O) groups excluding carboxylic acids is 3. The maximum absolute atomic E-state index is 12.3. The van der Waals surface area contributed by atoms with Gasteiger partial charge < -0.3 is 4.74 Å². The van der Waals surface area contributed by atoms with Crippen LogP contribution in [0.4, 0.5) is 0 Å². The Balaban J connectivity index is 1.53. The van der Waals surface area contributed by atoms with Crippen LogP contribution in [0, 0.1) is 0 Å². The Labute approximate surface area is 163 Å². The Hall–Kier alpha value is -3.19. The summed E-state index contributed by atoms with van der Waals surface area (Å²) in [4.78, 5) is 36.0. The SMILES string of the molecule is O=C(COC(=O)c1cccc2ccccc12)NNC(=O)c1ccc(Br)cc1. The van der Waals surface area contributed by atoms with Crippen molar-refractivity contribution in [3.8, 4) is 0 Å². The first kappa shape index (κ1) is 18.6. The second-order valence-electron chi connectivity index (χ2n) is 5.61. The lowest BCUT2D eigenvalue weighted by molar-refractivity contribution is -0.125. The summed E-state index contributed by atoms with van der Waals surface area (Å²) in [6, 6.07) is 19.3. The number of benzene rings is 3. The van der Waals surface area contributed by atoms with Crippen LogP contribution in [0.1, 0.15) is 20.7 Å². The molecule has 0 spiro atoms. The highest BCUT2D eigenvalue weighted by molar-refractivity contribution is 9.10. The van der Waals surface area contributed by atoms with Crippen LogP contribution in [0.2, 0.25) is 0 Å². The summed E-state index contributed by atoms with van der Waals surface area (Å²) >= 11 is 3.28. The average Bonchev–Trinajstić information content (AvgIpc) is 2.70. The summed E-state index contributed by atoms with van der Waals surface area (Å²) in [5, 5.41) is 1.65. The number of carbonyl (C=O) groups is 3. The Kier molecular flexibility index (Phi) is 5.83. The molecule has 0 bridgehead atoms. The first-order valence-corrected chi connectivity index (χ1v) is 8.83. The number of esters is 1. The van der Waals surface area contributed by atoms with Crippen molar-refractivity contribution in [1.29, 1.82) is 0 Å². The fraction of sp³-hybridized carbons (Fsp3) is 0.0500. The molecular weight excluding hydrogens is 412 g/mol. The molecule has 0 fully saturated rings. The lowest BCUT2D eigenvalue weighted by Gasteiger charge is -2.09. The van der Waals surface area contributed by atoms with Gasteiger partial charge in [0.05, 0.1) is 5.56 Å². The molecule has 2 amide bonds. The molecule has 3 aromatic carbocycles. The highest BCUT2D eigenvalue weighted by Gasteiger charge is 2.14. The number of hydrogen-bond donors (Lipinski definition) is 2. The van der Waals surface area contributed by atoms with Crippen LogP contribution in [0.5, 0.6) is 0 Å². The topological polar surface area (TPSA) is 84.5 Å². The van der Waals surface area contributed by atoms with Crippen molar-refractivity contribution in [2.45, 2.75) is 0 Å². The van der Waals surface area contributed by atoms with Crippen LogP contribution in [-0.4, -0.2) is 24.4 Å². The molecule has 2 N–H and O–H groups in total. The minimum Gasteiger partial charge on any atom is -0.452 e. The number of amides is 2. The molecule has 0 aliphatic rings. The predicted octanol–water partition coefficient (Wildman–Crippen LogP) is 3.22. The minimum absolute atomic E-state index is 0.375. The molecule has 0 aromatic heterocycles. The second-order valence-corrected chi connectivity index (χ2v) is 6.53. The zero-order valence-electron chi connectivity index (χ0n) is 14.1. The van der Waals surface area contributed by atoms with E-state index in [1.807, 2.05) is 30.3 Å². The van der Waals surface area contributed by atoms with E-state index in [0.717, 1.165) is 15.2 Å². The lowest BCUT2D eigenvalue weighted by Crippen LogP contribution is -2.43. The van der Waals surface area contributed by atoms with E-state index in [-0.39, 0.29) is 0 Å². The Bertz CT molecular complexity index is 997. The third-order valence-corrected chi connectivity index (χ3v) is 4.29. The summed E-state index contributed by atoms with van der Waals surface area (Å²) in [6.07, 6.45) is 0. The fourth-order valence-corrected chi connectivity index (χ4v) is 2.71. The van der Waals surface area contributed by atoms with Crippen molar-refractivity contribution in [3.63, 3.8) is 0 Å². The predicted molar refractivity (Wildman–Crippen MR) is 104 cm³/mol. The van der Waals surface area contributed by atoms with Gasteiger partial charge in [0.2, 0.25) is 0 Å². The summed E-state index contributed by atoms with van der Waals surface area (Å²) in [6.45, 7) is -0.511. The van der Waals surface area contributed by atoms with Crippen molar-refractivity contribution in [2.75, 3.05) is 6.61 Å². The van der Waals surface area contributed by atoms with E-state index < -0.39 is 24.4 Å². The molecule has 27 heavy (non-hydrogen) atoms. The number of halogens is 1. The number of hydrazine groups is 1. The molecule has 0 heterocycles. The normalized spacial score (nSPS) is 10.3. The van der Waals surface area contributed by atoms with Crippen molar-refractivity contribution in [1.82, 2.24) is 10.9 Å². The Morgan fingerprint density at radius 1 is 0.852 bits per heavy atom. The summed E-state index contributed by atoms with van der Waals surface area (Å²) in [7, 11) is 0. The Morgan fingerprint density at radius 2 is 1.56 bits per heavy atom. The number of rotatable bonds is 4. The van der Waals surface area contributed by atoms with Gasteiger partial charge >= 0.3 is 5.97 Å². The van der Waals surface area contributed by atoms with Gasteiger partial charge in [-0.15, -0.1) is 0 Å². The van der Waals surface area contributed by atoms with E-state index in [9.17, 15) is 14.4 Å². The van der Waals surface area contributed by atoms with Crippen molar-refractivity contribution in [2.24, 2.45) is 0 Å². The first-order chi connectivity index (χ1) is 13.0. The van der Waals surface area contributed by atoms with E-state index in [1.54, 1.807) is 36.4 Å². The minimum atomic E-state index is -0.644. The van der Waals surface area contributed by atoms with E-state index >= 15 is 0 Å². The van der Waals surface area contributed by atoms with E-state index in [4.69, 9.17) is 4.74 Å². The van der Waals surface area contributed by atoms with Gasteiger partial charge in [-0.25, -0.2) is 4.79 Å². The highest BCUT2D eigenvalue weighted by atomic mass is 79.9. The molecule has 3 rings (SSSR count). The fourth-order valence-electron chi connectivity index (χ4n) is 2.45. The maximum atomic E-state index is 12.3. The largest absolute Gasteiger partial charge is 0.452 e. The quantitative estimate of drug-likeness (QED) is 0.495. The van der Waals surface area contributed by atoms with Gasteiger partial charge in [0, 0.05) is 10.0 Å². The number of fused-ring (bicyclic) bond motifs is 1. The van der Waals surface area contributed by atoms with Crippen LogP contribution in [-0.2, 0) is 9.53 Å². The van der Waals surface area contributed by atoms with Gasteiger partial charge in [-0.05, 0) is 41.1 Å². The molecule has 0 radical (unpaired) electrons. The van der Waals surface area contributed by atoms with Gasteiger partial charge in [-0.2, -0.15) is 0 Å². The third-order valence-electron chi connectivity index (χ3n) is 3.77. The molecule has 0 atom stereocenters. The maximum Gasteiger partial charge on any atom is 0.339 e. The Morgan fingerprint density at radius 3 is 2.33 bits per heavy atom. The second kappa shape index (κ2) is 8.46.